The van der Waals surface area contributed by atoms with E-state index in [4.69, 9.17) is 9.47 Å². The summed E-state index contributed by atoms with van der Waals surface area (Å²) >= 11 is 0. The lowest BCUT2D eigenvalue weighted by molar-refractivity contribution is -0.137. The molecule has 0 aliphatic carbocycles. The number of likely N-dealkylation sites (N-methyl/N-ethyl adjacent to an activating group) is 1. The number of hydrogen-bond donors (Lipinski definition) is 0. The molecule has 1 aliphatic rings. The quantitative estimate of drug-likeness (QED) is 0.431. The fourth-order valence-corrected chi connectivity index (χ4v) is 4.00. The molecule has 36 heavy (non-hydrogen) atoms. The highest BCUT2D eigenvalue weighted by Crippen LogP contribution is 2.30. The Morgan fingerprint density at radius 1 is 1.03 bits per heavy atom. The van der Waals surface area contributed by atoms with E-state index in [0.29, 0.717) is 36.8 Å². The number of carbonyl (C=O) groups is 1. The highest BCUT2D eigenvalue weighted by Gasteiger charge is 2.31. The molecular formula is C26H27F3N4O3. The molecule has 1 fully saturated rings. The van der Waals surface area contributed by atoms with Crippen LogP contribution in [-0.2, 0) is 12.6 Å². The van der Waals surface area contributed by atoms with Crippen molar-refractivity contribution in [2.45, 2.75) is 31.5 Å². The summed E-state index contributed by atoms with van der Waals surface area (Å²) in [6.07, 6.45) is 2.15. The Morgan fingerprint density at radius 3 is 2.31 bits per heavy atom. The molecule has 1 aromatic carbocycles. The maximum atomic E-state index is 12.6. The van der Waals surface area contributed by atoms with E-state index in [1.54, 1.807) is 41.6 Å². The van der Waals surface area contributed by atoms with Crippen molar-refractivity contribution < 1.29 is 27.4 Å². The number of benzene rings is 1. The van der Waals surface area contributed by atoms with Gasteiger partial charge in [-0.2, -0.15) is 13.2 Å². The topological polar surface area (TPSA) is 67.8 Å². The van der Waals surface area contributed by atoms with Crippen LogP contribution in [0.4, 0.5) is 18.0 Å². The van der Waals surface area contributed by atoms with Gasteiger partial charge in [0.05, 0.1) is 5.56 Å². The number of piperidine rings is 1. The minimum absolute atomic E-state index is 0.0290. The van der Waals surface area contributed by atoms with Gasteiger partial charge in [0.15, 0.2) is 0 Å². The first-order chi connectivity index (χ1) is 17.3. The number of carbonyl (C=O) groups excluding carboxylic acids is 1. The van der Waals surface area contributed by atoms with Crippen molar-refractivity contribution in [1.29, 1.82) is 0 Å². The maximum Gasteiger partial charge on any atom is 0.417 e. The average molecular weight is 501 g/mol. The second-order valence-electron chi connectivity index (χ2n) is 8.63. The molecule has 1 amide bonds. The first kappa shape index (κ1) is 25.4. The van der Waals surface area contributed by atoms with Gasteiger partial charge in [-0.3, -0.25) is 4.98 Å². The zero-order valence-corrected chi connectivity index (χ0v) is 19.8. The third kappa shape index (κ3) is 6.94. The van der Waals surface area contributed by atoms with Crippen molar-refractivity contribution >= 4 is 6.09 Å². The van der Waals surface area contributed by atoms with Crippen LogP contribution in [0.15, 0.2) is 67.1 Å². The largest absolute Gasteiger partial charge is 0.439 e. The molecule has 0 unspecified atom stereocenters. The fraction of sp³-hybridized carbons (Fsp3) is 0.346. The van der Waals surface area contributed by atoms with Gasteiger partial charge in [-0.25, -0.2) is 9.78 Å². The fourth-order valence-electron chi connectivity index (χ4n) is 4.00. The molecule has 0 bridgehead atoms. The highest BCUT2D eigenvalue weighted by atomic mass is 19.4. The average Bonchev–Trinajstić information content (AvgIpc) is 2.89. The van der Waals surface area contributed by atoms with Crippen molar-refractivity contribution in [3.05, 3.63) is 78.2 Å². The third-order valence-corrected chi connectivity index (χ3v) is 6.16. The van der Waals surface area contributed by atoms with Crippen LogP contribution in [-0.4, -0.2) is 58.6 Å². The van der Waals surface area contributed by atoms with E-state index >= 15 is 0 Å². The van der Waals surface area contributed by atoms with Crippen molar-refractivity contribution in [3.8, 4) is 17.4 Å². The summed E-state index contributed by atoms with van der Waals surface area (Å²) in [7, 11) is 2.11. The van der Waals surface area contributed by atoms with Crippen molar-refractivity contribution in [1.82, 2.24) is 19.8 Å². The number of pyridine rings is 2. The van der Waals surface area contributed by atoms with Crippen LogP contribution in [0, 0.1) is 0 Å². The Kier molecular flexibility index (Phi) is 8.04. The number of ether oxygens (including phenoxy) is 2. The monoisotopic (exact) mass is 500 g/mol. The predicted octanol–water partition coefficient (Wildman–Crippen LogP) is 5.43. The minimum Gasteiger partial charge on any atom is -0.439 e. The molecule has 4 rings (SSSR count). The molecule has 10 heteroatoms. The Hall–Kier alpha value is -3.66. The molecular weight excluding hydrogens is 473 g/mol. The van der Waals surface area contributed by atoms with Gasteiger partial charge in [-0.05, 0) is 74.3 Å². The van der Waals surface area contributed by atoms with Gasteiger partial charge in [-0.1, -0.05) is 0 Å². The molecule has 3 heterocycles. The van der Waals surface area contributed by atoms with Crippen LogP contribution < -0.4 is 9.47 Å². The lowest BCUT2D eigenvalue weighted by Gasteiger charge is -2.36. The molecule has 190 valence electrons. The van der Waals surface area contributed by atoms with Crippen LogP contribution in [0.1, 0.15) is 24.0 Å². The van der Waals surface area contributed by atoms with Crippen LogP contribution in [0.2, 0.25) is 0 Å². The summed E-state index contributed by atoms with van der Waals surface area (Å²) in [5.74, 6) is 0.739. The van der Waals surface area contributed by atoms with E-state index in [9.17, 15) is 18.0 Å². The van der Waals surface area contributed by atoms with E-state index in [2.05, 4.69) is 21.9 Å². The lowest BCUT2D eigenvalue weighted by atomic mass is 10.0. The number of alkyl halides is 3. The Labute approximate surface area is 207 Å². The molecule has 0 N–H and O–H groups in total. The zero-order chi connectivity index (χ0) is 25.5. The number of hydrogen-bond acceptors (Lipinski definition) is 6. The molecule has 7 nitrogen and oxygen atoms in total. The molecule has 3 aromatic rings. The summed E-state index contributed by atoms with van der Waals surface area (Å²) in [5.41, 5.74) is 0.405. The number of likely N-dealkylation sites (tertiary alicyclic amines) is 1. The van der Waals surface area contributed by atoms with Crippen molar-refractivity contribution in [3.63, 3.8) is 0 Å². The second-order valence-corrected chi connectivity index (χ2v) is 8.63. The lowest BCUT2D eigenvalue weighted by Crippen LogP contribution is -2.46. The van der Waals surface area contributed by atoms with Crippen molar-refractivity contribution in [2.24, 2.45) is 0 Å². The first-order valence-electron chi connectivity index (χ1n) is 11.6. The predicted molar refractivity (Wildman–Crippen MR) is 127 cm³/mol. The molecule has 0 atom stereocenters. The number of rotatable bonds is 7. The van der Waals surface area contributed by atoms with E-state index < -0.39 is 17.8 Å². The smallest absolute Gasteiger partial charge is 0.417 e. The SMILES string of the molecule is CN(CCc1ccncc1)C1CCN(C(=O)Oc2ccc(Oc3ccc(C(F)(F)F)cn3)cc2)CC1. The first-order valence-corrected chi connectivity index (χ1v) is 11.6. The van der Waals surface area contributed by atoms with E-state index in [0.717, 1.165) is 37.9 Å². The normalized spacial score (nSPS) is 14.6. The van der Waals surface area contributed by atoms with Gasteiger partial charge in [0, 0.05) is 50.3 Å². The number of nitrogens with zero attached hydrogens (tertiary/aromatic N) is 4. The third-order valence-electron chi connectivity index (χ3n) is 6.16. The van der Waals surface area contributed by atoms with Gasteiger partial charge in [-0.15, -0.1) is 0 Å². The van der Waals surface area contributed by atoms with Crippen LogP contribution >= 0.6 is 0 Å². The Morgan fingerprint density at radius 2 is 1.69 bits per heavy atom. The summed E-state index contributed by atoms with van der Waals surface area (Å²) in [6.45, 7) is 2.17. The Balaban J connectivity index is 1.21. The molecule has 1 saturated heterocycles. The maximum absolute atomic E-state index is 12.6. The molecule has 2 aromatic heterocycles. The summed E-state index contributed by atoms with van der Waals surface area (Å²) < 4.78 is 48.9. The second kappa shape index (κ2) is 11.4. The van der Waals surface area contributed by atoms with Gasteiger partial charge in [0.1, 0.15) is 11.5 Å². The van der Waals surface area contributed by atoms with E-state index in [1.807, 2.05) is 12.1 Å². The van der Waals surface area contributed by atoms with Gasteiger partial charge >= 0.3 is 12.3 Å². The van der Waals surface area contributed by atoms with E-state index in [-0.39, 0.29) is 5.88 Å². The summed E-state index contributed by atoms with van der Waals surface area (Å²) in [5, 5.41) is 0. The van der Waals surface area contributed by atoms with Gasteiger partial charge < -0.3 is 19.3 Å². The zero-order valence-electron chi connectivity index (χ0n) is 19.8. The summed E-state index contributed by atoms with van der Waals surface area (Å²) in [4.78, 5) is 24.4. The number of halogens is 3. The Bertz CT molecular complexity index is 1120. The molecule has 0 spiro atoms. The van der Waals surface area contributed by atoms with Gasteiger partial charge in [0.2, 0.25) is 5.88 Å². The molecule has 0 radical (unpaired) electrons. The molecule has 0 saturated carbocycles. The highest BCUT2D eigenvalue weighted by molar-refractivity contribution is 5.70. The van der Waals surface area contributed by atoms with Crippen LogP contribution in [0.3, 0.4) is 0 Å². The van der Waals surface area contributed by atoms with Crippen LogP contribution in [0.25, 0.3) is 0 Å². The number of aromatic nitrogens is 2. The van der Waals surface area contributed by atoms with Crippen LogP contribution in [0.5, 0.6) is 17.4 Å². The number of amides is 1. The summed E-state index contributed by atoms with van der Waals surface area (Å²) in [6, 6.07) is 12.8. The minimum atomic E-state index is -4.46. The van der Waals surface area contributed by atoms with Gasteiger partial charge in [0.25, 0.3) is 0 Å². The van der Waals surface area contributed by atoms with E-state index in [1.165, 1.54) is 5.56 Å². The van der Waals surface area contributed by atoms with Crippen molar-refractivity contribution in [2.75, 3.05) is 26.7 Å². The molecule has 1 aliphatic heterocycles. The standard InChI is InChI=1S/C26H27F3N4O3/c1-32(15-10-19-8-13-30-14-9-19)21-11-16-33(17-12-21)25(34)36-23-5-3-22(4-6-23)35-24-7-2-20(18-31-24)26(27,28)29/h2-9,13-14,18,21H,10-12,15-17H2,1H3.